The number of rotatable bonds is 7. The molecule has 19 heavy (non-hydrogen) atoms. The summed E-state index contributed by atoms with van der Waals surface area (Å²) < 4.78 is 0. The van der Waals surface area contributed by atoms with Crippen molar-refractivity contribution in [2.24, 2.45) is 0 Å². The molecule has 0 fully saturated rings. The molecule has 0 aromatic carbocycles. The highest BCUT2D eigenvalue weighted by Gasteiger charge is 2.20. The molecule has 0 aliphatic heterocycles. The third-order valence-electron chi connectivity index (χ3n) is 2.91. The van der Waals surface area contributed by atoms with Crippen molar-refractivity contribution in [3.05, 3.63) is 18.1 Å². The molecule has 1 amide bonds. The Morgan fingerprint density at radius 2 is 2.21 bits per heavy atom. The SMILES string of the molecule is CCNc1cncc(C(=O)N(C)C(CC)CSC)n1. The molecule has 1 N–H and O–H groups in total. The number of thioether (sulfide) groups is 1. The van der Waals surface area contributed by atoms with Crippen LogP contribution in [0.1, 0.15) is 30.8 Å². The number of hydrogen-bond donors (Lipinski definition) is 1. The highest BCUT2D eigenvalue weighted by molar-refractivity contribution is 7.98. The summed E-state index contributed by atoms with van der Waals surface area (Å²) in [5, 5.41) is 3.06. The Morgan fingerprint density at radius 3 is 2.79 bits per heavy atom. The largest absolute Gasteiger partial charge is 0.369 e. The molecular weight excluding hydrogens is 260 g/mol. The standard InChI is InChI=1S/C13H22N4OS/c1-5-10(9-19-4)17(3)13(18)11-7-14-8-12(16-11)15-6-2/h7-8,10H,5-6,9H2,1-4H3,(H,15,16). The van der Waals surface area contributed by atoms with Crippen LogP contribution >= 0.6 is 11.8 Å². The van der Waals surface area contributed by atoms with Crippen molar-refractivity contribution < 1.29 is 4.79 Å². The summed E-state index contributed by atoms with van der Waals surface area (Å²) in [6.07, 6.45) is 6.13. The predicted molar refractivity (Wildman–Crippen MR) is 80.8 cm³/mol. The zero-order valence-corrected chi connectivity index (χ0v) is 12.8. The van der Waals surface area contributed by atoms with Crippen LogP contribution in [0.25, 0.3) is 0 Å². The van der Waals surface area contributed by atoms with Gasteiger partial charge < -0.3 is 10.2 Å². The van der Waals surface area contributed by atoms with Crippen LogP contribution in [0.5, 0.6) is 0 Å². The lowest BCUT2D eigenvalue weighted by molar-refractivity contribution is 0.0737. The Morgan fingerprint density at radius 1 is 1.47 bits per heavy atom. The molecule has 1 unspecified atom stereocenters. The summed E-state index contributed by atoms with van der Waals surface area (Å²) in [6, 6.07) is 0.229. The molecule has 1 heterocycles. The van der Waals surface area contributed by atoms with Crippen LogP contribution in [0.2, 0.25) is 0 Å². The van der Waals surface area contributed by atoms with E-state index >= 15 is 0 Å². The number of nitrogens with one attached hydrogen (secondary N) is 1. The average molecular weight is 282 g/mol. The second-order valence-corrected chi connectivity index (χ2v) is 5.16. The molecule has 1 rings (SSSR count). The Kier molecular flexibility index (Phi) is 6.62. The van der Waals surface area contributed by atoms with Gasteiger partial charge in [-0.25, -0.2) is 4.98 Å². The lowest BCUT2D eigenvalue weighted by atomic mass is 10.2. The number of anilines is 1. The van der Waals surface area contributed by atoms with Crippen LogP contribution in [0.4, 0.5) is 5.82 Å². The first-order valence-corrected chi connectivity index (χ1v) is 7.85. The zero-order valence-electron chi connectivity index (χ0n) is 12.0. The molecule has 1 aromatic rings. The number of hydrogen-bond acceptors (Lipinski definition) is 5. The molecular formula is C13H22N4OS. The minimum absolute atomic E-state index is 0.0758. The molecule has 0 radical (unpaired) electrons. The van der Waals surface area contributed by atoms with E-state index in [1.807, 2.05) is 20.2 Å². The van der Waals surface area contributed by atoms with Crippen LogP contribution in [0.15, 0.2) is 12.4 Å². The molecule has 0 aliphatic carbocycles. The normalized spacial score (nSPS) is 12.0. The van der Waals surface area contributed by atoms with Gasteiger partial charge in [-0.15, -0.1) is 0 Å². The van der Waals surface area contributed by atoms with Crippen molar-refractivity contribution in [3.8, 4) is 0 Å². The van der Waals surface area contributed by atoms with E-state index in [1.54, 1.807) is 22.9 Å². The van der Waals surface area contributed by atoms with Crippen LogP contribution < -0.4 is 5.32 Å². The maximum Gasteiger partial charge on any atom is 0.274 e. The van der Waals surface area contributed by atoms with Crippen molar-refractivity contribution in [3.63, 3.8) is 0 Å². The van der Waals surface area contributed by atoms with E-state index in [-0.39, 0.29) is 11.9 Å². The van der Waals surface area contributed by atoms with E-state index in [1.165, 1.54) is 6.20 Å². The van der Waals surface area contributed by atoms with E-state index in [9.17, 15) is 4.79 Å². The van der Waals surface area contributed by atoms with Crippen molar-refractivity contribution in [1.29, 1.82) is 0 Å². The molecule has 0 bridgehead atoms. The fraction of sp³-hybridized carbons (Fsp3) is 0.615. The Bertz CT molecular complexity index is 413. The number of carbonyl (C=O) groups is 1. The van der Waals surface area contributed by atoms with Gasteiger partial charge >= 0.3 is 0 Å². The monoisotopic (exact) mass is 282 g/mol. The number of aromatic nitrogens is 2. The van der Waals surface area contributed by atoms with E-state index in [2.05, 4.69) is 22.2 Å². The Labute approximate surface area is 119 Å². The van der Waals surface area contributed by atoms with Gasteiger partial charge in [0, 0.05) is 25.4 Å². The maximum absolute atomic E-state index is 12.4. The average Bonchev–Trinajstić information content (AvgIpc) is 2.44. The predicted octanol–water partition coefficient (Wildman–Crippen LogP) is 2.12. The van der Waals surface area contributed by atoms with Gasteiger partial charge in [-0.2, -0.15) is 11.8 Å². The third-order valence-corrected chi connectivity index (χ3v) is 3.63. The first-order valence-electron chi connectivity index (χ1n) is 6.46. The third kappa shape index (κ3) is 4.38. The van der Waals surface area contributed by atoms with Gasteiger partial charge in [-0.05, 0) is 19.6 Å². The quantitative estimate of drug-likeness (QED) is 0.830. The summed E-state index contributed by atoms with van der Waals surface area (Å²) in [6.45, 7) is 4.82. The molecule has 106 valence electrons. The second-order valence-electron chi connectivity index (χ2n) is 4.25. The summed E-state index contributed by atoms with van der Waals surface area (Å²) in [5.41, 5.74) is 0.389. The zero-order chi connectivity index (χ0) is 14.3. The van der Waals surface area contributed by atoms with E-state index in [4.69, 9.17) is 0 Å². The highest BCUT2D eigenvalue weighted by atomic mass is 32.2. The number of nitrogens with zero attached hydrogens (tertiary/aromatic N) is 3. The highest BCUT2D eigenvalue weighted by Crippen LogP contribution is 2.12. The topological polar surface area (TPSA) is 58.1 Å². The van der Waals surface area contributed by atoms with Crippen LogP contribution in [-0.2, 0) is 0 Å². The smallest absolute Gasteiger partial charge is 0.274 e. The summed E-state index contributed by atoms with van der Waals surface area (Å²) in [5.74, 6) is 1.49. The van der Waals surface area contributed by atoms with Gasteiger partial charge in [0.1, 0.15) is 11.5 Å². The summed E-state index contributed by atoms with van der Waals surface area (Å²) in [7, 11) is 1.83. The molecule has 5 nitrogen and oxygen atoms in total. The van der Waals surface area contributed by atoms with Gasteiger partial charge in [0.15, 0.2) is 0 Å². The number of carbonyl (C=O) groups excluding carboxylic acids is 1. The van der Waals surface area contributed by atoms with Gasteiger partial charge in [0.05, 0.1) is 12.4 Å². The lowest BCUT2D eigenvalue weighted by Crippen LogP contribution is -2.38. The lowest BCUT2D eigenvalue weighted by Gasteiger charge is -2.26. The van der Waals surface area contributed by atoms with E-state index in [0.717, 1.165) is 18.7 Å². The Balaban J connectivity index is 2.83. The Hall–Kier alpha value is -1.30. The molecule has 1 aromatic heterocycles. The fourth-order valence-corrected chi connectivity index (χ4v) is 2.62. The van der Waals surface area contributed by atoms with Crippen molar-refractivity contribution >= 4 is 23.5 Å². The first kappa shape index (κ1) is 15.8. The summed E-state index contributed by atoms with van der Waals surface area (Å²) >= 11 is 1.74. The van der Waals surface area contributed by atoms with Crippen LogP contribution in [-0.4, -0.2) is 52.4 Å². The van der Waals surface area contributed by atoms with Gasteiger partial charge in [0.2, 0.25) is 0 Å². The molecule has 0 aliphatic rings. The minimum Gasteiger partial charge on any atom is -0.369 e. The maximum atomic E-state index is 12.4. The van der Waals surface area contributed by atoms with E-state index in [0.29, 0.717) is 11.5 Å². The molecule has 0 spiro atoms. The second kappa shape index (κ2) is 7.99. The van der Waals surface area contributed by atoms with Crippen molar-refractivity contribution in [2.45, 2.75) is 26.3 Å². The van der Waals surface area contributed by atoms with Gasteiger partial charge in [-0.3, -0.25) is 9.78 Å². The molecule has 6 heteroatoms. The molecule has 0 saturated carbocycles. The minimum atomic E-state index is -0.0758. The van der Waals surface area contributed by atoms with Gasteiger partial charge in [0.25, 0.3) is 5.91 Å². The van der Waals surface area contributed by atoms with Gasteiger partial charge in [-0.1, -0.05) is 6.92 Å². The van der Waals surface area contributed by atoms with E-state index < -0.39 is 0 Å². The van der Waals surface area contributed by atoms with Crippen molar-refractivity contribution in [1.82, 2.24) is 14.9 Å². The first-order chi connectivity index (χ1) is 9.13. The fourth-order valence-electron chi connectivity index (χ4n) is 1.78. The van der Waals surface area contributed by atoms with Crippen LogP contribution in [0, 0.1) is 0 Å². The molecule has 1 atom stereocenters. The summed E-state index contributed by atoms with van der Waals surface area (Å²) in [4.78, 5) is 22.5. The molecule has 0 saturated heterocycles. The number of amides is 1. The van der Waals surface area contributed by atoms with Crippen molar-refractivity contribution in [2.75, 3.05) is 30.9 Å². The van der Waals surface area contributed by atoms with Crippen LogP contribution in [0.3, 0.4) is 0 Å².